The summed E-state index contributed by atoms with van der Waals surface area (Å²) in [7, 11) is 0. The molecular formula is C12H15ClFNO. The normalized spacial score (nSPS) is 10.4. The van der Waals surface area contributed by atoms with Gasteiger partial charge in [0.15, 0.2) is 0 Å². The minimum absolute atomic E-state index is 0.0506. The number of benzene rings is 1. The van der Waals surface area contributed by atoms with E-state index < -0.39 is 5.82 Å². The number of rotatable bonds is 6. The Kier molecular flexibility index (Phi) is 5.43. The zero-order chi connectivity index (χ0) is 12.0. The number of ketones is 1. The molecular weight excluding hydrogens is 229 g/mol. The molecule has 88 valence electrons. The lowest BCUT2D eigenvalue weighted by Gasteiger charge is -2.04. The summed E-state index contributed by atoms with van der Waals surface area (Å²) in [5.41, 5.74) is 5.88. The van der Waals surface area contributed by atoms with Crippen molar-refractivity contribution in [2.45, 2.75) is 25.7 Å². The van der Waals surface area contributed by atoms with Crippen molar-refractivity contribution in [3.8, 4) is 0 Å². The van der Waals surface area contributed by atoms with Crippen molar-refractivity contribution in [1.29, 1.82) is 0 Å². The third-order valence-electron chi connectivity index (χ3n) is 2.33. The van der Waals surface area contributed by atoms with E-state index in [2.05, 4.69) is 0 Å². The Morgan fingerprint density at radius 1 is 1.38 bits per heavy atom. The fourth-order valence-electron chi connectivity index (χ4n) is 1.45. The second-order valence-corrected chi connectivity index (χ2v) is 4.05. The number of carbonyl (C=O) groups is 1. The summed E-state index contributed by atoms with van der Waals surface area (Å²) in [4.78, 5) is 11.5. The fraction of sp³-hybridized carbons (Fsp3) is 0.417. The zero-order valence-corrected chi connectivity index (χ0v) is 9.77. The van der Waals surface area contributed by atoms with E-state index in [-0.39, 0.29) is 17.2 Å². The standard InChI is InChI=1S/C12H15ClFNO/c13-12-9(4-3-6-11(12)14)8-10(16)5-1-2-7-15/h3-4,6H,1-2,5,7-8,15H2. The van der Waals surface area contributed by atoms with Crippen molar-refractivity contribution in [2.24, 2.45) is 5.73 Å². The fourth-order valence-corrected chi connectivity index (χ4v) is 1.65. The second kappa shape index (κ2) is 6.61. The highest BCUT2D eigenvalue weighted by molar-refractivity contribution is 6.31. The Labute approximate surface area is 99.6 Å². The lowest BCUT2D eigenvalue weighted by molar-refractivity contribution is -0.118. The molecule has 1 aromatic rings. The SMILES string of the molecule is NCCCCC(=O)Cc1cccc(F)c1Cl. The Balaban J connectivity index is 2.53. The van der Waals surface area contributed by atoms with E-state index in [1.54, 1.807) is 12.1 Å². The maximum absolute atomic E-state index is 13.1. The van der Waals surface area contributed by atoms with Crippen LogP contribution in [0, 0.1) is 5.82 Å². The summed E-state index contributed by atoms with van der Waals surface area (Å²) >= 11 is 5.75. The molecule has 0 radical (unpaired) electrons. The quantitative estimate of drug-likeness (QED) is 0.781. The molecule has 0 unspecified atom stereocenters. The van der Waals surface area contributed by atoms with Gasteiger partial charge in [-0.15, -0.1) is 0 Å². The summed E-state index contributed by atoms with van der Waals surface area (Å²) in [6, 6.07) is 4.51. The molecule has 0 fully saturated rings. The van der Waals surface area contributed by atoms with E-state index in [9.17, 15) is 9.18 Å². The minimum Gasteiger partial charge on any atom is -0.330 e. The molecule has 0 atom stereocenters. The number of hydrogen-bond donors (Lipinski definition) is 1. The van der Waals surface area contributed by atoms with Gasteiger partial charge >= 0.3 is 0 Å². The number of unbranched alkanes of at least 4 members (excludes halogenated alkanes) is 1. The monoisotopic (exact) mass is 243 g/mol. The first kappa shape index (κ1) is 13.1. The summed E-state index contributed by atoms with van der Waals surface area (Å²) in [5.74, 6) is -0.408. The van der Waals surface area contributed by atoms with Crippen molar-refractivity contribution in [3.05, 3.63) is 34.6 Å². The molecule has 16 heavy (non-hydrogen) atoms. The number of Topliss-reactive ketones (excluding diaryl/α,β-unsaturated/α-hetero) is 1. The molecule has 1 rings (SSSR count). The van der Waals surface area contributed by atoms with Crippen LogP contribution in [0.2, 0.25) is 5.02 Å². The Morgan fingerprint density at radius 2 is 2.12 bits per heavy atom. The van der Waals surface area contributed by atoms with Crippen LogP contribution in [0.5, 0.6) is 0 Å². The van der Waals surface area contributed by atoms with Crippen LogP contribution in [-0.4, -0.2) is 12.3 Å². The van der Waals surface area contributed by atoms with Crippen LogP contribution in [0.1, 0.15) is 24.8 Å². The topological polar surface area (TPSA) is 43.1 Å². The van der Waals surface area contributed by atoms with Gasteiger partial charge in [-0.2, -0.15) is 0 Å². The molecule has 2 nitrogen and oxygen atoms in total. The van der Waals surface area contributed by atoms with E-state index in [4.69, 9.17) is 17.3 Å². The maximum atomic E-state index is 13.1. The highest BCUT2D eigenvalue weighted by atomic mass is 35.5. The highest BCUT2D eigenvalue weighted by Crippen LogP contribution is 2.20. The predicted molar refractivity (Wildman–Crippen MR) is 63.0 cm³/mol. The van der Waals surface area contributed by atoms with Gasteiger partial charge in [-0.1, -0.05) is 23.7 Å². The summed E-state index contributed by atoms with van der Waals surface area (Å²) in [5, 5.41) is 0.0506. The van der Waals surface area contributed by atoms with E-state index in [0.717, 1.165) is 12.8 Å². The van der Waals surface area contributed by atoms with E-state index >= 15 is 0 Å². The largest absolute Gasteiger partial charge is 0.330 e. The highest BCUT2D eigenvalue weighted by Gasteiger charge is 2.09. The third kappa shape index (κ3) is 3.91. The molecule has 0 aromatic heterocycles. The first-order valence-corrected chi connectivity index (χ1v) is 5.67. The first-order chi connectivity index (χ1) is 7.65. The van der Waals surface area contributed by atoms with Gasteiger partial charge in [0.1, 0.15) is 11.6 Å². The van der Waals surface area contributed by atoms with Crippen molar-refractivity contribution < 1.29 is 9.18 Å². The Hall–Kier alpha value is -0.930. The zero-order valence-electron chi connectivity index (χ0n) is 9.01. The van der Waals surface area contributed by atoms with Crippen molar-refractivity contribution >= 4 is 17.4 Å². The third-order valence-corrected chi connectivity index (χ3v) is 2.75. The maximum Gasteiger partial charge on any atom is 0.142 e. The molecule has 0 heterocycles. The van der Waals surface area contributed by atoms with Gasteiger partial charge in [0.2, 0.25) is 0 Å². The molecule has 1 aromatic carbocycles. The van der Waals surface area contributed by atoms with Gasteiger partial charge in [0.25, 0.3) is 0 Å². The van der Waals surface area contributed by atoms with Crippen molar-refractivity contribution in [1.82, 2.24) is 0 Å². The molecule has 2 N–H and O–H groups in total. The van der Waals surface area contributed by atoms with Gasteiger partial charge in [0, 0.05) is 12.8 Å². The van der Waals surface area contributed by atoms with Crippen LogP contribution in [0.4, 0.5) is 4.39 Å². The number of nitrogens with two attached hydrogens (primary N) is 1. The molecule has 0 saturated heterocycles. The van der Waals surface area contributed by atoms with Crippen LogP contribution in [-0.2, 0) is 11.2 Å². The van der Waals surface area contributed by atoms with Gasteiger partial charge in [-0.3, -0.25) is 4.79 Å². The van der Waals surface area contributed by atoms with Crippen molar-refractivity contribution in [2.75, 3.05) is 6.54 Å². The van der Waals surface area contributed by atoms with E-state index in [1.807, 2.05) is 0 Å². The van der Waals surface area contributed by atoms with Gasteiger partial charge in [0.05, 0.1) is 5.02 Å². The first-order valence-electron chi connectivity index (χ1n) is 5.30. The van der Waals surface area contributed by atoms with E-state index in [0.29, 0.717) is 18.5 Å². The average Bonchev–Trinajstić information content (AvgIpc) is 2.25. The average molecular weight is 244 g/mol. The molecule has 0 bridgehead atoms. The predicted octanol–water partition coefficient (Wildman–Crippen LogP) is 2.72. The van der Waals surface area contributed by atoms with Gasteiger partial charge < -0.3 is 5.73 Å². The van der Waals surface area contributed by atoms with Gasteiger partial charge in [-0.05, 0) is 31.0 Å². The Bertz CT molecular complexity index is 368. The molecule has 0 amide bonds. The Morgan fingerprint density at radius 3 is 2.81 bits per heavy atom. The summed E-state index contributed by atoms with van der Waals surface area (Å²) < 4.78 is 13.1. The van der Waals surface area contributed by atoms with Gasteiger partial charge in [-0.25, -0.2) is 4.39 Å². The second-order valence-electron chi connectivity index (χ2n) is 3.67. The van der Waals surface area contributed by atoms with Crippen LogP contribution in [0.15, 0.2) is 18.2 Å². The van der Waals surface area contributed by atoms with E-state index in [1.165, 1.54) is 6.07 Å². The van der Waals surface area contributed by atoms with Crippen LogP contribution in [0.3, 0.4) is 0 Å². The summed E-state index contributed by atoms with van der Waals surface area (Å²) in [6.45, 7) is 0.591. The molecule has 0 aliphatic carbocycles. The molecule has 0 aliphatic rings. The number of hydrogen-bond acceptors (Lipinski definition) is 2. The smallest absolute Gasteiger partial charge is 0.142 e. The lowest BCUT2D eigenvalue weighted by atomic mass is 10.0. The molecule has 0 saturated carbocycles. The molecule has 0 spiro atoms. The minimum atomic E-state index is -0.478. The molecule has 0 aliphatic heterocycles. The van der Waals surface area contributed by atoms with Crippen LogP contribution >= 0.6 is 11.6 Å². The lowest BCUT2D eigenvalue weighted by Crippen LogP contribution is -2.05. The summed E-state index contributed by atoms with van der Waals surface area (Å²) in [6.07, 6.45) is 2.29. The van der Waals surface area contributed by atoms with Crippen LogP contribution in [0.25, 0.3) is 0 Å². The van der Waals surface area contributed by atoms with Crippen LogP contribution < -0.4 is 5.73 Å². The van der Waals surface area contributed by atoms with Crippen molar-refractivity contribution in [3.63, 3.8) is 0 Å². The number of carbonyl (C=O) groups excluding carboxylic acids is 1. The number of halogens is 2. The molecule has 4 heteroatoms.